The van der Waals surface area contributed by atoms with Crippen molar-refractivity contribution in [1.82, 2.24) is 0 Å². The van der Waals surface area contributed by atoms with Crippen molar-refractivity contribution < 1.29 is 9.50 Å². The van der Waals surface area contributed by atoms with Crippen molar-refractivity contribution in [2.75, 3.05) is 0 Å². The minimum Gasteiger partial charge on any atom is -0.393 e. The van der Waals surface area contributed by atoms with E-state index in [4.69, 9.17) is 0 Å². The van der Waals surface area contributed by atoms with E-state index >= 15 is 0 Å². The molecular formula is C11H15FO. The number of benzene rings is 1. The second-order valence-corrected chi connectivity index (χ2v) is 3.55. The van der Waals surface area contributed by atoms with Crippen LogP contribution < -0.4 is 0 Å². The molecule has 1 aromatic rings. The Labute approximate surface area is 78.2 Å². The van der Waals surface area contributed by atoms with Crippen molar-refractivity contribution in [3.8, 4) is 0 Å². The first-order valence-corrected chi connectivity index (χ1v) is 4.52. The Balaban J connectivity index is 2.59. The SMILES string of the molecule is CC(O)C(C)Cc1ccc(F)cc1. The second kappa shape index (κ2) is 4.38. The molecule has 0 heterocycles. The summed E-state index contributed by atoms with van der Waals surface area (Å²) < 4.78 is 12.5. The molecule has 1 aromatic carbocycles. The van der Waals surface area contributed by atoms with E-state index in [1.54, 1.807) is 19.1 Å². The normalized spacial score (nSPS) is 15.4. The Morgan fingerprint density at radius 3 is 2.23 bits per heavy atom. The number of halogens is 1. The van der Waals surface area contributed by atoms with E-state index in [1.165, 1.54) is 12.1 Å². The zero-order valence-electron chi connectivity index (χ0n) is 8.00. The fourth-order valence-electron chi connectivity index (χ4n) is 1.16. The highest BCUT2D eigenvalue weighted by molar-refractivity contribution is 5.16. The molecule has 1 N–H and O–H groups in total. The molecule has 0 aromatic heterocycles. The molecule has 0 saturated carbocycles. The van der Waals surface area contributed by atoms with E-state index in [9.17, 15) is 9.50 Å². The molecule has 2 atom stereocenters. The van der Waals surface area contributed by atoms with E-state index in [1.807, 2.05) is 6.92 Å². The summed E-state index contributed by atoms with van der Waals surface area (Å²) in [4.78, 5) is 0. The van der Waals surface area contributed by atoms with Crippen LogP contribution in [0.15, 0.2) is 24.3 Å². The molecule has 0 saturated heterocycles. The van der Waals surface area contributed by atoms with Crippen LogP contribution in [0, 0.1) is 11.7 Å². The minimum absolute atomic E-state index is 0.213. The molecule has 0 aliphatic carbocycles. The number of hydrogen-bond acceptors (Lipinski definition) is 1. The van der Waals surface area contributed by atoms with Gasteiger partial charge in [-0.3, -0.25) is 0 Å². The Bertz CT molecular complexity index is 253. The van der Waals surface area contributed by atoms with Gasteiger partial charge in [-0.05, 0) is 37.0 Å². The lowest BCUT2D eigenvalue weighted by Gasteiger charge is -2.13. The minimum atomic E-state index is -0.315. The van der Waals surface area contributed by atoms with Crippen molar-refractivity contribution in [2.45, 2.75) is 26.4 Å². The molecule has 13 heavy (non-hydrogen) atoms. The zero-order chi connectivity index (χ0) is 9.84. The van der Waals surface area contributed by atoms with Gasteiger partial charge in [-0.2, -0.15) is 0 Å². The van der Waals surface area contributed by atoms with Crippen molar-refractivity contribution in [1.29, 1.82) is 0 Å². The van der Waals surface area contributed by atoms with Gasteiger partial charge in [0.2, 0.25) is 0 Å². The first kappa shape index (κ1) is 10.2. The summed E-state index contributed by atoms with van der Waals surface area (Å²) in [6, 6.07) is 6.41. The third kappa shape index (κ3) is 3.15. The molecule has 1 rings (SSSR count). The zero-order valence-corrected chi connectivity index (χ0v) is 8.00. The first-order valence-electron chi connectivity index (χ1n) is 4.52. The number of hydrogen-bond donors (Lipinski definition) is 1. The van der Waals surface area contributed by atoms with E-state index in [2.05, 4.69) is 0 Å². The van der Waals surface area contributed by atoms with Gasteiger partial charge in [0.1, 0.15) is 5.82 Å². The summed E-state index contributed by atoms with van der Waals surface area (Å²) in [7, 11) is 0. The highest BCUT2D eigenvalue weighted by atomic mass is 19.1. The van der Waals surface area contributed by atoms with Gasteiger partial charge >= 0.3 is 0 Å². The quantitative estimate of drug-likeness (QED) is 0.761. The number of rotatable bonds is 3. The maximum absolute atomic E-state index is 12.5. The van der Waals surface area contributed by atoms with Gasteiger partial charge < -0.3 is 5.11 Å². The number of aliphatic hydroxyl groups is 1. The number of aliphatic hydroxyl groups excluding tert-OH is 1. The molecule has 0 radical (unpaired) electrons. The highest BCUT2D eigenvalue weighted by Gasteiger charge is 2.09. The lowest BCUT2D eigenvalue weighted by molar-refractivity contribution is 0.135. The second-order valence-electron chi connectivity index (χ2n) is 3.55. The summed E-state index contributed by atoms with van der Waals surface area (Å²) in [5.74, 6) is -0.00101. The van der Waals surface area contributed by atoms with Gasteiger partial charge in [-0.1, -0.05) is 19.1 Å². The van der Waals surface area contributed by atoms with Crippen molar-refractivity contribution in [3.63, 3.8) is 0 Å². The standard InChI is InChI=1S/C11H15FO/c1-8(9(2)13)7-10-3-5-11(12)6-4-10/h3-6,8-9,13H,7H2,1-2H3. The van der Waals surface area contributed by atoms with Crippen LogP contribution in [0.4, 0.5) is 4.39 Å². The highest BCUT2D eigenvalue weighted by Crippen LogP contribution is 2.12. The first-order chi connectivity index (χ1) is 6.09. The molecule has 0 spiro atoms. The average molecular weight is 182 g/mol. The Hall–Kier alpha value is -0.890. The molecule has 2 heteroatoms. The van der Waals surface area contributed by atoms with Gasteiger partial charge in [0.25, 0.3) is 0 Å². The van der Waals surface area contributed by atoms with Crippen molar-refractivity contribution >= 4 is 0 Å². The van der Waals surface area contributed by atoms with Gasteiger partial charge in [0.05, 0.1) is 6.10 Å². The lowest BCUT2D eigenvalue weighted by Crippen LogP contribution is -2.15. The van der Waals surface area contributed by atoms with E-state index < -0.39 is 0 Å². The van der Waals surface area contributed by atoms with Crippen LogP contribution in [-0.2, 0) is 6.42 Å². The van der Waals surface area contributed by atoms with Gasteiger partial charge in [0, 0.05) is 0 Å². The molecule has 0 aliphatic rings. The van der Waals surface area contributed by atoms with E-state index in [0.717, 1.165) is 12.0 Å². The molecule has 72 valence electrons. The van der Waals surface area contributed by atoms with Crippen LogP contribution in [0.5, 0.6) is 0 Å². The Morgan fingerprint density at radius 1 is 1.23 bits per heavy atom. The molecular weight excluding hydrogens is 167 g/mol. The largest absolute Gasteiger partial charge is 0.393 e. The summed E-state index contributed by atoms with van der Waals surface area (Å²) in [6.45, 7) is 3.75. The van der Waals surface area contributed by atoms with Crippen molar-refractivity contribution in [3.05, 3.63) is 35.6 Å². The third-order valence-corrected chi connectivity index (χ3v) is 2.29. The van der Waals surface area contributed by atoms with Crippen LogP contribution in [-0.4, -0.2) is 11.2 Å². The monoisotopic (exact) mass is 182 g/mol. The van der Waals surface area contributed by atoms with Gasteiger partial charge in [-0.25, -0.2) is 4.39 Å². The van der Waals surface area contributed by atoms with Crippen LogP contribution in [0.25, 0.3) is 0 Å². The van der Waals surface area contributed by atoms with E-state index in [0.29, 0.717) is 0 Å². The van der Waals surface area contributed by atoms with Crippen LogP contribution >= 0.6 is 0 Å². The molecule has 0 bridgehead atoms. The third-order valence-electron chi connectivity index (χ3n) is 2.29. The summed E-state index contributed by atoms with van der Waals surface area (Å²) in [5, 5.41) is 9.26. The van der Waals surface area contributed by atoms with Crippen LogP contribution in [0.2, 0.25) is 0 Å². The fraction of sp³-hybridized carbons (Fsp3) is 0.455. The molecule has 0 fully saturated rings. The molecule has 0 aliphatic heterocycles. The van der Waals surface area contributed by atoms with Gasteiger partial charge in [-0.15, -0.1) is 0 Å². The maximum Gasteiger partial charge on any atom is 0.123 e. The summed E-state index contributed by atoms with van der Waals surface area (Å²) >= 11 is 0. The van der Waals surface area contributed by atoms with Crippen LogP contribution in [0.1, 0.15) is 19.4 Å². The predicted molar refractivity (Wildman–Crippen MR) is 50.9 cm³/mol. The molecule has 2 unspecified atom stereocenters. The lowest BCUT2D eigenvalue weighted by atomic mass is 9.97. The summed E-state index contributed by atoms with van der Waals surface area (Å²) in [6.07, 6.45) is 0.475. The molecule has 1 nitrogen and oxygen atoms in total. The average Bonchev–Trinajstić information content (AvgIpc) is 2.08. The summed E-state index contributed by atoms with van der Waals surface area (Å²) in [5.41, 5.74) is 1.06. The van der Waals surface area contributed by atoms with Crippen LogP contribution in [0.3, 0.4) is 0 Å². The predicted octanol–water partition coefficient (Wildman–Crippen LogP) is 2.39. The van der Waals surface area contributed by atoms with Gasteiger partial charge in [0.15, 0.2) is 0 Å². The topological polar surface area (TPSA) is 20.2 Å². The fourth-order valence-corrected chi connectivity index (χ4v) is 1.16. The van der Waals surface area contributed by atoms with E-state index in [-0.39, 0.29) is 17.8 Å². The Morgan fingerprint density at radius 2 is 1.77 bits per heavy atom. The molecule has 0 amide bonds. The Kier molecular flexibility index (Phi) is 3.43. The smallest absolute Gasteiger partial charge is 0.123 e. The maximum atomic E-state index is 12.5. The van der Waals surface area contributed by atoms with Crippen molar-refractivity contribution in [2.24, 2.45) is 5.92 Å².